The second-order valence-corrected chi connectivity index (χ2v) is 7.01. The van der Waals surface area contributed by atoms with Crippen LogP contribution in [0.4, 0.5) is 5.69 Å². The molecule has 1 aliphatic rings. The van der Waals surface area contributed by atoms with E-state index in [2.05, 4.69) is 5.32 Å². The van der Waals surface area contributed by atoms with Gasteiger partial charge in [-0.3, -0.25) is 9.59 Å². The minimum atomic E-state index is -0.310. The number of rotatable bonds is 8. The van der Waals surface area contributed by atoms with E-state index in [1.165, 1.54) is 0 Å². The highest BCUT2D eigenvalue weighted by molar-refractivity contribution is 5.86. The van der Waals surface area contributed by atoms with Crippen LogP contribution in [0, 0.1) is 0 Å². The van der Waals surface area contributed by atoms with Crippen molar-refractivity contribution >= 4 is 17.6 Å². The Morgan fingerprint density at radius 1 is 0.893 bits per heavy atom. The zero-order valence-corrected chi connectivity index (χ0v) is 16.5. The first-order valence-electron chi connectivity index (χ1n) is 10.0. The third-order valence-corrected chi connectivity index (χ3v) is 4.77. The second kappa shape index (κ2) is 9.40. The minimum Gasteiger partial charge on any atom is -0.423 e. The van der Waals surface area contributed by atoms with Gasteiger partial charge in [0.25, 0.3) is 0 Å². The fourth-order valence-electron chi connectivity index (χ4n) is 3.21. The molecule has 3 rings (SSSR count). The molecule has 148 valence electrons. The van der Waals surface area contributed by atoms with Crippen molar-refractivity contribution in [3.8, 4) is 22.6 Å². The normalized spacial score (nSPS) is 11.8. The molecule has 0 fully saturated rings. The number of hydrogen-bond acceptors (Lipinski definition) is 5. The van der Waals surface area contributed by atoms with Gasteiger partial charge < -0.3 is 14.8 Å². The number of hydrogen-bond donors (Lipinski definition) is 1. The first-order valence-corrected chi connectivity index (χ1v) is 10.0. The first-order chi connectivity index (χ1) is 13.6. The van der Waals surface area contributed by atoms with Crippen molar-refractivity contribution in [2.45, 2.75) is 58.9 Å². The van der Waals surface area contributed by atoms with Gasteiger partial charge in [-0.25, -0.2) is 0 Å². The summed E-state index contributed by atoms with van der Waals surface area (Å²) in [4.78, 5) is 24.4. The lowest BCUT2D eigenvalue weighted by molar-refractivity contribution is -0.137. The monoisotopic (exact) mass is 381 g/mol. The van der Waals surface area contributed by atoms with E-state index < -0.39 is 0 Å². The lowest BCUT2D eigenvalue weighted by atomic mass is 9.94. The van der Waals surface area contributed by atoms with Gasteiger partial charge in [0.15, 0.2) is 11.5 Å². The summed E-state index contributed by atoms with van der Waals surface area (Å²) in [5.41, 5.74) is 4.07. The summed E-state index contributed by atoms with van der Waals surface area (Å²) in [6.07, 6.45) is 4.05. The van der Waals surface area contributed by atoms with Crippen molar-refractivity contribution in [1.29, 1.82) is 0 Å². The van der Waals surface area contributed by atoms with Crippen LogP contribution in [-0.4, -0.2) is 11.9 Å². The fraction of sp³-hybridized carbons (Fsp3) is 0.391. The SMILES string of the molecule is CCCCC(=O)Oc1cc2c(cc1OC(=O)CCCC)-c1ccccc1NC2. The number of fused-ring (bicyclic) bond motifs is 3. The lowest BCUT2D eigenvalue weighted by Crippen LogP contribution is -2.14. The zero-order chi connectivity index (χ0) is 19.9. The number of esters is 2. The Kier molecular flexibility index (Phi) is 6.69. The van der Waals surface area contributed by atoms with Crippen LogP contribution in [0.3, 0.4) is 0 Å². The fourth-order valence-corrected chi connectivity index (χ4v) is 3.21. The standard InChI is InChI=1S/C23H27NO4/c1-3-5-11-22(25)27-20-13-16-15-24-19-10-8-7-9-17(19)18(16)14-21(20)28-23(26)12-6-4-2/h7-10,13-14,24H,3-6,11-12,15H2,1-2H3. The average molecular weight is 381 g/mol. The molecular weight excluding hydrogens is 354 g/mol. The van der Waals surface area contributed by atoms with Crippen LogP contribution in [0.15, 0.2) is 36.4 Å². The number of nitrogens with one attached hydrogen (secondary N) is 1. The summed E-state index contributed by atoms with van der Waals surface area (Å²) in [5, 5.41) is 3.37. The molecule has 1 N–H and O–H groups in total. The van der Waals surface area contributed by atoms with Gasteiger partial charge in [0.2, 0.25) is 0 Å². The molecule has 0 bridgehead atoms. The van der Waals surface area contributed by atoms with Crippen LogP contribution in [0.5, 0.6) is 11.5 Å². The van der Waals surface area contributed by atoms with E-state index in [1.807, 2.05) is 50.2 Å². The predicted octanol–water partition coefficient (Wildman–Crippen LogP) is 5.47. The third-order valence-electron chi connectivity index (χ3n) is 4.77. The van der Waals surface area contributed by atoms with E-state index in [0.29, 0.717) is 30.9 Å². The Labute approximate surface area is 166 Å². The number of carbonyl (C=O) groups excluding carboxylic acids is 2. The Hall–Kier alpha value is -2.82. The predicted molar refractivity (Wildman–Crippen MR) is 110 cm³/mol. The summed E-state index contributed by atoms with van der Waals surface area (Å²) in [7, 11) is 0. The van der Waals surface area contributed by atoms with Crippen molar-refractivity contribution in [2.75, 3.05) is 5.32 Å². The topological polar surface area (TPSA) is 64.6 Å². The molecule has 0 saturated heterocycles. The summed E-state index contributed by atoms with van der Waals surface area (Å²) in [5.74, 6) is -0.000935. The number of unbranched alkanes of at least 4 members (excludes halogenated alkanes) is 2. The summed E-state index contributed by atoms with van der Waals surface area (Å²) >= 11 is 0. The number of para-hydroxylation sites is 1. The van der Waals surface area contributed by atoms with E-state index in [-0.39, 0.29) is 11.9 Å². The molecule has 5 heteroatoms. The third kappa shape index (κ3) is 4.71. The number of ether oxygens (including phenoxy) is 2. The highest BCUT2D eigenvalue weighted by Gasteiger charge is 2.22. The molecule has 0 radical (unpaired) electrons. The van der Waals surface area contributed by atoms with Gasteiger partial charge in [0, 0.05) is 30.6 Å². The Morgan fingerprint density at radius 2 is 1.50 bits per heavy atom. The summed E-state index contributed by atoms with van der Waals surface area (Å²) < 4.78 is 11.2. The van der Waals surface area contributed by atoms with Crippen molar-refractivity contribution in [3.05, 3.63) is 42.0 Å². The maximum atomic E-state index is 12.2. The quantitative estimate of drug-likeness (QED) is 0.485. The highest BCUT2D eigenvalue weighted by atomic mass is 16.6. The molecule has 5 nitrogen and oxygen atoms in total. The van der Waals surface area contributed by atoms with Crippen molar-refractivity contribution in [2.24, 2.45) is 0 Å². The van der Waals surface area contributed by atoms with E-state index >= 15 is 0 Å². The Balaban J connectivity index is 1.94. The van der Waals surface area contributed by atoms with Gasteiger partial charge in [-0.05, 0) is 42.2 Å². The molecule has 1 aliphatic heterocycles. The van der Waals surface area contributed by atoms with Crippen molar-refractivity contribution in [1.82, 2.24) is 0 Å². The molecule has 2 aromatic rings. The molecule has 0 spiro atoms. The average Bonchev–Trinajstić information content (AvgIpc) is 2.71. The summed E-state index contributed by atoms with van der Waals surface area (Å²) in [6, 6.07) is 11.6. The van der Waals surface area contributed by atoms with E-state index in [0.717, 1.165) is 48.1 Å². The van der Waals surface area contributed by atoms with Crippen molar-refractivity contribution in [3.63, 3.8) is 0 Å². The van der Waals surface area contributed by atoms with Gasteiger partial charge >= 0.3 is 11.9 Å². The number of carbonyl (C=O) groups is 2. The van der Waals surface area contributed by atoms with Crippen LogP contribution in [0.2, 0.25) is 0 Å². The number of benzene rings is 2. The Morgan fingerprint density at radius 3 is 2.14 bits per heavy atom. The Bertz CT molecular complexity index is 860. The molecule has 0 aromatic heterocycles. The van der Waals surface area contributed by atoms with Crippen LogP contribution >= 0.6 is 0 Å². The lowest BCUT2D eigenvalue weighted by Gasteiger charge is -2.23. The molecule has 28 heavy (non-hydrogen) atoms. The second-order valence-electron chi connectivity index (χ2n) is 7.01. The highest BCUT2D eigenvalue weighted by Crippen LogP contribution is 2.41. The van der Waals surface area contributed by atoms with Crippen LogP contribution in [-0.2, 0) is 16.1 Å². The molecule has 0 saturated carbocycles. The van der Waals surface area contributed by atoms with Gasteiger partial charge in [-0.1, -0.05) is 44.9 Å². The van der Waals surface area contributed by atoms with Gasteiger partial charge in [-0.15, -0.1) is 0 Å². The zero-order valence-electron chi connectivity index (χ0n) is 16.5. The molecule has 0 aliphatic carbocycles. The molecule has 0 atom stereocenters. The smallest absolute Gasteiger partial charge is 0.311 e. The van der Waals surface area contributed by atoms with E-state index in [4.69, 9.17) is 9.47 Å². The van der Waals surface area contributed by atoms with Crippen molar-refractivity contribution < 1.29 is 19.1 Å². The van der Waals surface area contributed by atoms with Gasteiger partial charge in [-0.2, -0.15) is 0 Å². The minimum absolute atomic E-state index is 0.307. The number of anilines is 1. The van der Waals surface area contributed by atoms with Gasteiger partial charge in [0.05, 0.1) is 0 Å². The van der Waals surface area contributed by atoms with E-state index in [9.17, 15) is 9.59 Å². The molecule has 1 heterocycles. The van der Waals surface area contributed by atoms with Crippen LogP contribution in [0.25, 0.3) is 11.1 Å². The molecule has 2 aromatic carbocycles. The van der Waals surface area contributed by atoms with Crippen LogP contribution < -0.4 is 14.8 Å². The maximum absolute atomic E-state index is 12.2. The van der Waals surface area contributed by atoms with Gasteiger partial charge in [0.1, 0.15) is 0 Å². The largest absolute Gasteiger partial charge is 0.423 e. The molecular formula is C23H27NO4. The van der Waals surface area contributed by atoms with E-state index in [1.54, 1.807) is 0 Å². The molecule has 0 unspecified atom stereocenters. The van der Waals surface area contributed by atoms with Crippen LogP contribution in [0.1, 0.15) is 57.9 Å². The maximum Gasteiger partial charge on any atom is 0.311 e. The summed E-state index contributed by atoms with van der Waals surface area (Å²) in [6.45, 7) is 4.67. The first kappa shape index (κ1) is 19.9. The molecule has 0 amide bonds.